The highest BCUT2D eigenvalue weighted by Gasteiger charge is 2.36. The Morgan fingerprint density at radius 3 is 2.43 bits per heavy atom. The average Bonchev–Trinajstić information content (AvgIpc) is 2.54. The van der Waals surface area contributed by atoms with E-state index in [-0.39, 0.29) is 24.5 Å². The monoisotopic (exact) mass is 344 g/mol. The van der Waals surface area contributed by atoms with Gasteiger partial charge in [0, 0.05) is 17.8 Å². The van der Waals surface area contributed by atoms with Crippen LogP contribution in [-0.2, 0) is 14.6 Å². The van der Waals surface area contributed by atoms with E-state index in [1.165, 1.54) is 24.3 Å². The van der Waals surface area contributed by atoms with E-state index >= 15 is 0 Å². The van der Waals surface area contributed by atoms with Gasteiger partial charge < -0.3 is 10.2 Å². The van der Waals surface area contributed by atoms with Crippen molar-refractivity contribution in [3.8, 4) is 0 Å². The molecule has 0 bridgehead atoms. The summed E-state index contributed by atoms with van der Waals surface area (Å²) in [4.78, 5) is 13.4. The van der Waals surface area contributed by atoms with Crippen molar-refractivity contribution in [1.82, 2.24) is 5.32 Å². The SMILES string of the molecule is O=C1CN(c2ccc(S(=O)(=O)C(F)F)cc2)C2CCCCC2N1. The Bertz CT molecular complexity index is 691. The van der Waals surface area contributed by atoms with Crippen molar-refractivity contribution in [1.29, 1.82) is 0 Å². The van der Waals surface area contributed by atoms with Crippen molar-refractivity contribution in [2.75, 3.05) is 11.4 Å². The minimum atomic E-state index is -4.59. The van der Waals surface area contributed by atoms with Crippen LogP contribution in [0, 0.1) is 0 Å². The van der Waals surface area contributed by atoms with Gasteiger partial charge in [-0.2, -0.15) is 8.78 Å². The van der Waals surface area contributed by atoms with Gasteiger partial charge in [0.1, 0.15) is 0 Å². The van der Waals surface area contributed by atoms with E-state index in [1.807, 2.05) is 4.90 Å². The van der Waals surface area contributed by atoms with Crippen molar-refractivity contribution in [2.45, 2.75) is 48.4 Å². The normalized spacial score (nSPS) is 25.2. The lowest BCUT2D eigenvalue weighted by Crippen LogP contribution is -2.61. The molecule has 0 spiro atoms. The van der Waals surface area contributed by atoms with Crippen LogP contribution in [0.4, 0.5) is 14.5 Å². The molecular formula is C15H18F2N2O3S. The van der Waals surface area contributed by atoms with Gasteiger partial charge in [-0.05, 0) is 37.1 Å². The van der Waals surface area contributed by atoms with E-state index in [0.717, 1.165) is 25.7 Å². The first kappa shape index (κ1) is 16.2. The first-order valence-corrected chi connectivity index (χ1v) is 9.12. The predicted molar refractivity (Wildman–Crippen MR) is 81.2 cm³/mol. The number of sulfone groups is 1. The molecule has 2 aliphatic rings. The van der Waals surface area contributed by atoms with E-state index in [9.17, 15) is 22.0 Å². The van der Waals surface area contributed by atoms with Crippen LogP contribution in [-0.4, -0.2) is 38.7 Å². The fourth-order valence-electron chi connectivity index (χ4n) is 3.39. The highest BCUT2D eigenvalue weighted by molar-refractivity contribution is 7.91. The number of hydrogen-bond acceptors (Lipinski definition) is 4. The van der Waals surface area contributed by atoms with Gasteiger partial charge in [-0.15, -0.1) is 0 Å². The van der Waals surface area contributed by atoms with E-state index in [1.54, 1.807) is 0 Å². The molecule has 0 aromatic heterocycles. The largest absolute Gasteiger partial charge is 0.357 e. The molecule has 126 valence electrons. The number of carbonyl (C=O) groups is 1. The second-order valence-electron chi connectivity index (χ2n) is 5.95. The number of carbonyl (C=O) groups excluding carboxylic acids is 1. The standard InChI is InChI=1S/C15H18F2N2O3S/c16-15(17)23(21,22)11-7-5-10(6-8-11)19-9-14(20)18-12-3-1-2-4-13(12)19/h5-8,12-13,15H,1-4,9H2,(H,18,20). The Morgan fingerprint density at radius 2 is 1.78 bits per heavy atom. The molecule has 23 heavy (non-hydrogen) atoms. The van der Waals surface area contributed by atoms with Crippen molar-refractivity contribution >= 4 is 21.4 Å². The lowest BCUT2D eigenvalue weighted by Gasteiger charge is -2.45. The third-order valence-electron chi connectivity index (χ3n) is 4.52. The molecule has 1 amide bonds. The average molecular weight is 344 g/mol. The van der Waals surface area contributed by atoms with Gasteiger partial charge in [0.2, 0.25) is 15.7 Å². The van der Waals surface area contributed by atoms with Gasteiger partial charge in [-0.1, -0.05) is 12.8 Å². The van der Waals surface area contributed by atoms with Gasteiger partial charge >= 0.3 is 5.76 Å². The first-order valence-electron chi connectivity index (χ1n) is 7.58. The Hall–Kier alpha value is -1.70. The molecule has 2 fully saturated rings. The maximum Gasteiger partial charge on any atom is 0.341 e. The van der Waals surface area contributed by atoms with Crippen LogP contribution in [0.1, 0.15) is 25.7 Å². The van der Waals surface area contributed by atoms with Crippen LogP contribution >= 0.6 is 0 Å². The number of hydrogen-bond donors (Lipinski definition) is 1. The summed E-state index contributed by atoms with van der Waals surface area (Å²) in [6.45, 7) is 0.197. The summed E-state index contributed by atoms with van der Waals surface area (Å²) in [5, 5.41) is 2.99. The van der Waals surface area contributed by atoms with Crippen molar-refractivity contribution in [2.24, 2.45) is 0 Å². The fourth-order valence-corrected chi connectivity index (χ4v) is 4.11. The van der Waals surface area contributed by atoms with Gasteiger partial charge in [0.25, 0.3) is 0 Å². The molecule has 1 saturated heterocycles. The van der Waals surface area contributed by atoms with Gasteiger partial charge in [0.05, 0.1) is 11.4 Å². The number of nitrogens with zero attached hydrogens (tertiary/aromatic N) is 1. The number of rotatable bonds is 3. The maximum absolute atomic E-state index is 12.6. The van der Waals surface area contributed by atoms with Crippen LogP contribution in [0.25, 0.3) is 0 Å². The molecule has 2 atom stereocenters. The smallest absolute Gasteiger partial charge is 0.341 e. The highest BCUT2D eigenvalue weighted by atomic mass is 32.2. The van der Waals surface area contributed by atoms with Crippen LogP contribution in [0.2, 0.25) is 0 Å². The van der Waals surface area contributed by atoms with E-state index in [4.69, 9.17) is 0 Å². The first-order chi connectivity index (χ1) is 10.9. The molecule has 1 aromatic carbocycles. The molecule has 8 heteroatoms. The summed E-state index contributed by atoms with van der Waals surface area (Å²) < 4.78 is 48.1. The van der Waals surface area contributed by atoms with Crippen molar-refractivity contribution in [3.05, 3.63) is 24.3 Å². The Kier molecular flexibility index (Phi) is 4.27. The summed E-state index contributed by atoms with van der Waals surface area (Å²) in [6.07, 6.45) is 4.01. The molecule has 2 unspecified atom stereocenters. The van der Waals surface area contributed by atoms with Crippen molar-refractivity contribution < 1.29 is 22.0 Å². The maximum atomic E-state index is 12.6. The molecule has 1 heterocycles. The molecule has 1 saturated carbocycles. The minimum absolute atomic E-state index is 0.0718. The summed E-state index contributed by atoms with van der Waals surface area (Å²) in [7, 11) is -4.59. The second-order valence-corrected chi connectivity index (χ2v) is 7.87. The number of halogens is 2. The summed E-state index contributed by atoms with van der Waals surface area (Å²) >= 11 is 0. The number of nitrogens with one attached hydrogen (secondary N) is 1. The van der Waals surface area contributed by atoms with E-state index < -0.39 is 20.5 Å². The summed E-state index contributed by atoms with van der Waals surface area (Å²) in [5.41, 5.74) is 0.685. The van der Waals surface area contributed by atoms with Crippen LogP contribution in [0.3, 0.4) is 0 Å². The minimum Gasteiger partial charge on any atom is -0.357 e. The van der Waals surface area contributed by atoms with Gasteiger partial charge in [0.15, 0.2) is 0 Å². The number of fused-ring (bicyclic) bond motifs is 1. The molecule has 1 aliphatic heterocycles. The van der Waals surface area contributed by atoms with Gasteiger partial charge in [-0.25, -0.2) is 8.42 Å². The fraction of sp³-hybridized carbons (Fsp3) is 0.533. The Labute approximate surface area is 133 Å². The van der Waals surface area contributed by atoms with Crippen LogP contribution in [0.15, 0.2) is 29.2 Å². The quantitative estimate of drug-likeness (QED) is 0.910. The third-order valence-corrected chi connectivity index (χ3v) is 5.92. The topological polar surface area (TPSA) is 66.5 Å². The summed E-state index contributed by atoms with van der Waals surface area (Å²) in [6, 6.07) is 5.62. The van der Waals surface area contributed by atoms with E-state index in [0.29, 0.717) is 5.69 Å². The molecule has 3 rings (SSSR count). The highest BCUT2D eigenvalue weighted by Crippen LogP contribution is 2.31. The number of alkyl halides is 2. The molecule has 0 radical (unpaired) electrons. The third kappa shape index (κ3) is 3.04. The molecule has 1 aromatic rings. The lowest BCUT2D eigenvalue weighted by molar-refractivity contribution is -0.122. The Morgan fingerprint density at radius 1 is 1.13 bits per heavy atom. The zero-order valence-corrected chi connectivity index (χ0v) is 13.2. The predicted octanol–water partition coefficient (Wildman–Crippen LogP) is 1.93. The molecule has 1 N–H and O–H groups in total. The summed E-state index contributed by atoms with van der Waals surface area (Å²) in [5.74, 6) is -3.51. The zero-order valence-electron chi connectivity index (χ0n) is 12.4. The zero-order chi connectivity index (χ0) is 16.6. The second kappa shape index (κ2) is 6.07. The lowest BCUT2D eigenvalue weighted by atomic mass is 9.87. The van der Waals surface area contributed by atoms with E-state index in [2.05, 4.69) is 5.32 Å². The van der Waals surface area contributed by atoms with Gasteiger partial charge in [-0.3, -0.25) is 4.79 Å². The molecule has 1 aliphatic carbocycles. The van der Waals surface area contributed by atoms with Crippen molar-refractivity contribution in [3.63, 3.8) is 0 Å². The number of piperazine rings is 1. The number of amides is 1. The Balaban J connectivity index is 1.87. The number of anilines is 1. The van der Waals surface area contributed by atoms with Crippen LogP contribution < -0.4 is 10.2 Å². The molecular weight excluding hydrogens is 326 g/mol. The molecule has 5 nitrogen and oxygen atoms in total. The van der Waals surface area contributed by atoms with Crippen LogP contribution in [0.5, 0.6) is 0 Å². The number of benzene rings is 1.